The van der Waals surface area contributed by atoms with Crippen molar-refractivity contribution in [1.82, 2.24) is 9.88 Å². The molecular formula is C20H29N3O2. The Morgan fingerprint density at radius 1 is 1.24 bits per heavy atom. The number of methoxy groups -OCH3 is 1. The maximum absolute atomic E-state index is 5.99. The molecule has 1 aliphatic carbocycles. The number of hydrogen-bond acceptors (Lipinski definition) is 5. The molecule has 25 heavy (non-hydrogen) atoms. The Morgan fingerprint density at radius 3 is 2.72 bits per heavy atom. The zero-order valence-corrected chi connectivity index (χ0v) is 16.0. The van der Waals surface area contributed by atoms with Gasteiger partial charge in [-0.25, -0.2) is 0 Å². The predicted octanol–water partition coefficient (Wildman–Crippen LogP) is 3.35. The number of hydrogen-bond donors (Lipinski definition) is 1. The summed E-state index contributed by atoms with van der Waals surface area (Å²) in [5.74, 6) is 2.19. The predicted molar refractivity (Wildman–Crippen MR) is 103 cm³/mol. The monoisotopic (exact) mass is 343 g/mol. The minimum absolute atomic E-state index is 0.648. The summed E-state index contributed by atoms with van der Waals surface area (Å²) in [5, 5.41) is 4.49. The van der Waals surface area contributed by atoms with Crippen molar-refractivity contribution in [2.45, 2.75) is 26.2 Å². The third-order valence-corrected chi connectivity index (χ3v) is 4.81. The van der Waals surface area contributed by atoms with Gasteiger partial charge in [0.25, 0.3) is 0 Å². The van der Waals surface area contributed by atoms with Crippen molar-refractivity contribution in [3.8, 4) is 11.5 Å². The molecule has 1 N–H and O–H groups in total. The summed E-state index contributed by atoms with van der Waals surface area (Å²) in [7, 11) is 7.81. The standard InChI is InChI=1S/C20H29N3O2/c1-13-9-14-16(10-13)22-17-12-19(25-8-6-7-23(3)4)18(24-5)11-15(17)20(14)21-2/h11-13H,6-10H2,1-5H3,(H,21,22). The van der Waals surface area contributed by atoms with Crippen LogP contribution < -0.4 is 14.8 Å². The van der Waals surface area contributed by atoms with Crippen molar-refractivity contribution in [1.29, 1.82) is 0 Å². The second kappa shape index (κ2) is 7.48. The van der Waals surface area contributed by atoms with Crippen molar-refractivity contribution in [3.05, 3.63) is 23.4 Å². The highest BCUT2D eigenvalue weighted by Gasteiger charge is 2.24. The normalized spacial score (nSPS) is 16.3. The highest BCUT2D eigenvalue weighted by Crippen LogP contribution is 2.40. The number of benzene rings is 1. The molecule has 1 heterocycles. The average molecular weight is 343 g/mol. The maximum atomic E-state index is 5.99. The van der Waals surface area contributed by atoms with Crippen LogP contribution in [0.1, 0.15) is 24.6 Å². The summed E-state index contributed by atoms with van der Waals surface area (Å²) in [6.07, 6.45) is 3.11. The number of pyridine rings is 1. The molecular weight excluding hydrogens is 314 g/mol. The highest BCUT2D eigenvalue weighted by atomic mass is 16.5. The van der Waals surface area contributed by atoms with E-state index in [0.717, 1.165) is 48.2 Å². The zero-order valence-electron chi connectivity index (χ0n) is 16.0. The SMILES string of the molecule is CNc1c2c(nc3cc(OCCCN(C)C)c(OC)cc13)CC(C)C2. The molecule has 5 nitrogen and oxygen atoms in total. The van der Waals surface area contributed by atoms with Crippen LogP contribution in [0.2, 0.25) is 0 Å². The number of nitrogens with zero attached hydrogens (tertiary/aromatic N) is 2. The van der Waals surface area contributed by atoms with Crippen molar-refractivity contribution >= 4 is 16.6 Å². The molecule has 3 rings (SSSR count). The summed E-state index contributed by atoms with van der Waals surface area (Å²) in [6.45, 7) is 3.95. The van der Waals surface area contributed by atoms with Gasteiger partial charge in [-0.15, -0.1) is 0 Å². The molecule has 0 saturated heterocycles. The van der Waals surface area contributed by atoms with Crippen LogP contribution in [0.25, 0.3) is 10.9 Å². The number of rotatable bonds is 7. The average Bonchev–Trinajstić information content (AvgIpc) is 2.95. The summed E-state index contributed by atoms with van der Waals surface area (Å²) < 4.78 is 11.6. The molecule has 0 bridgehead atoms. The zero-order chi connectivity index (χ0) is 18.0. The van der Waals surface area contributed by atoms with E-state index in [4.69, 9.17) is 14.5 Å². The van der Waals surface area contributed by atoms with Gasteiger partial charge in [-0.05, 0) is 50.9 Å². The Morgan fingerprint density at radius 2 is 2.04 bits per heavy atom. The molecule has 1 atom stereocenters. The van der Waals surface area contributed by atoms with E-state index in [0.29, 0.717) is 12.5 Å². The maximum Gasteiger partial charge on any atom is 0.163 e. The second-order valence-electron chi connectivity index (χ2n) is 7.20. The molecule has 136 valence electrons. The molecule has 0 amide bonds. The van der Waals surface area contributed by atoms with Crippen LogP contribution in [0.5, 0.6) is 11.5 Å². The van der Waals surface area contributed by atoms with Gasteiger partial charge in [0.05, 0.1) is 19.2 Å². The van der Waals surface area contributed by atoms with Crippen LogP contribution in [0, 0.1) is 5.92 Å². The van der Waals surface area contributed by atoms with Gasteiger partial charge in [-0.1, -0.05) is 6.92 Å². The molecule has 0 saturated carbocycles. The van der Waals surface area contributed by atoms with Gasteiger partial charge >= 0.3 is 0 Å². The summed E-state index contributed by atoms with van der Waals surface area (Å²) in [5.41, 5.74) is 4.72. The van der Waals surface area contributed by atoms with Crippen molar-refractivity contribution in [3.63, 3.8) is 0 Å². The Hall–Kier alpha value is -2.01. The lowest BCUT2D eigenvalue weighted by Crippen LogP contribution is -2.15. The quantitative estimate of drug-likeness (QED) is 0.781. The van der Waals surface area contributed by atoms with Gasteiger partial charge in [-0.3, -0.25) is 4.98 Å². The molecule has 0 fully saturated rings. The number of ether oxygens (including phenoxy) is 2. The third-order valence-electron chi connectivity index (χ3n) is 4.81. The van der Waals surface area contributed by atoms with Crippen molar-refractivity contribution < 1.29 is 9.47 Å². The van der Waals surface area contributed by atoms with Gasteiger partial charge in [-0.2, -0.15) is 0 Å². The fourth-order valence-corrected chi connectivity index (χ4v) is 3.62. The molecule has 0 aliphatic heterocycles. The van der Waals surface area contributed by atoms with E-state index in [1.54, 1.807) is 7.11 Å². The second-order valence-corrected chi connectivity index (χ2v) is 7.20. The van der Waals surface area contributed by atoms with Crippen LogP contribution in [-0.2, 0) is 12.8 Å². The van der Waals surface area contributed by atoms with E-state index in [-0.39, 0.29) is 0 Å². The van der Waals surface area contributed by atoms with Crippen LogP contribution in [0.4, 0.5) is 5.69 Å². The van der Waals surface area contributed by atoms with Gasteiger partial charge in [0.1, 0.15) is 0 Å². The lowest BCUT2D eigenvalue weighted by molar-refractivity contribution is 0.268. The number of fused-ring (bicyclic) bond motifs is 2. The Bertz CT molecular complexity index is 758. The molecule has 2 aromatic rings. The van der Waals surface area contributed by atoms with E-state index >= 15 is 0 Å². The fourth-order valence-electron chi connectivity index (χ4n) is 3.62. The lowest BCUT2D eigenvalue weighted by atomic mass is 10.1. The van der Waals surface area contributed by atoms with E-state index in [9.17, 15) is 0 Å². The van der Waals surface area contributed by atoms with Crippen LogP contribution >= 0.6 is 0 Å². The number of aromatic nitrogens is 1. The van der Waals surface area contributed by atoms with Crippen LogP contribution in [-0.4, -0.2) is 51.3 Å². The van der Waals surface area contributed by atoms with Crippen LogP contribution in [0.15, 0.2) is 12.1 Å². The van der Waals surface area contributed by atoms with Crippen molar-refractivity contribution in [2.75, 3.05) is 46.7 Å². The minimum Gasteiger partial charge on any atom is -0.493 e. The summed E-state index contributed by atoms with van der Waals surface area (Å²) in [6, 6.07) is 4.08. The Balaban J connectivity index is 1.96. The largest absolute Gasteiger partial charge is 0.493 e. The topological polar surface area (TPSA) is 46.6 Å². The molecule has 0 spiro atoms. The van der Waals surface area contributed by atoms with E-state index in [1.807, 2.05) is 13.1 Å². The molecule has 0 radical (unpaired) electrons. The van der Waals surface area contributed by atoms with E-state index in [1.165, 1.54) is 16.9 Å². The van der Waals surface area contributed by atoms with E-state index in [2.05, 4.69) is 37.3 Å². The molecule has 5 heteroatoms. The first-order valence-corrected chi connectivity index (χ1v) is 9.02. The lowest BCUT2D eigenvalue weighted by Gasteiger charge is -2.16. The number of nitrogens with one attached hydrogen (secondary N) is 1. The molecule has 1 aliphatic rings. The van der Waals surface area contributed by atoms with Gasteiger partial charge in [0.15, 0.2) is 11.5 Å². The third kappa shape index (κ3) is 3.66. The van der Waals surface area contributed by atoms with Gasteiger partial charge in [0, 0.05) is 36.4 Å². The molecule has 1 aromatic heterocycles. The number of anilines is 1. The van der Waals surface area contributed by atoms with Crippen LogP contribution in [0.3, 0.4) is 0 Å². The first-order chi connectivity index (χ1) is 12.0. The minimum atomic E-state index is 0.648. The summed E-state index contributed by atoms with van der Waals surface area (Å²) in [4.78, 5) is 7.08. The first kappa shape index (κ1) is 17.8. The van der Waals surface area contributed by atoms with Crippen molar-refractivity contribution in [2.24, 2.45) is 5.92 Å². The Labute approximate surface area is 150 Å². The fraction of sp³-hybridized carbons (Fsp3) is 0.550. The van der Waals surface area contributed by atoms with Gasteiger partial charge in [0.2, 0.25) is 0 Å². The highest BCUT2D eigenvalue weighted by molar-refractivity contribution is 5.95. The van der Waals surface area contributed by atoms with Gasteiger partial charge < -0.3 is 19.7 Å². The first-order valence-electron chi connectivity index (χ1n) is 9.02. The summed E-state index contributed by atoms with van der Waals surface area (Å²) >= 11 is 0. The smallest absolute Gasteiger partial charge is 0.163 e. The van der Waals surface area contributed by atoms with E-state index < -0.39 is 0 Å². The Kier molecular flexibility index (Phi) is 5.33. The molecule has 1 unspecified atom stereocenters. The molecule has 1 aromatic carbocycles.